The first-order valence-corrected chi connectivity index (χ1v) is 10.1. The first-order valence-electron chi connectivity index (χ1n) is 10.1. The number of benzene rings is 1. The van der Waals surface area contributed by atoms with Crippen LogP contribution in [-0.4, -0.2) is 28.8 Å². The molecule has 3 aromatic rings. The summed E-state index contributed by atoms with van der Waals surface area (Å²) in [6.45, 7) is 9.16. The van der Waals surface area contributed by atoms with Gasteiger partial charge in [-0.15, -0.1) is 13.2 Å². The van der Waals surface area contributed by atoms with Crippen molar-refractivity contribution in [1.29, 1.82) is 0 Å². The van der Waals surface area contributed by atoms with E-state index in [0.717, 1.165) is 0 Å². The summed E-state index contributed by atoms with van der Waals surface area (Å²) in [7, 11) is 1.58. The largest absolute Gasteiger partial charge is 0.573 e. The molecular formula is C23H26F3N3O3. The Kier molecular flexibility index (Phi) is 8.02. The Morgan fingerprint density at radius 1 is 1.25 bits per heavy atom. The molecule has 6 nitrogen and oxygen atoms in total. The molecular weight excluding hydrogens is 423 g/mol. The molecule has 0 aliphatic carbocycles. The van der Waals surface area contributed by atoms with Gasteiger partial charge in [-0.25, -0.2) is 0 Å². The highest BCUT2D eigenvalue weighted by molar-refractivity contribution is 5.96. The van der Waals surface area contributed by atoms with Crippen molar-refractivity contribution >= 4 is 16.6 Å². The molecule has 0 unspecified atom stereocenters. The zero-order valence-electron chi connectivity index (χ0n) is 18.9. The monoisotopic (exact) mass is 449 g/mol. The van der Waals surface area contributed by atoms with Crippen LogP contribution >= 0.6 is 0 Å². The lowest BCUT2D eigenvalue weighted by Gasteiger charge is -2.17. The predicted octanol–water partition coefficient (Wildman–Crippen LogP) is 5.85. The van der Waals surface area contributed by atoms with Gasteiger partial charge in [-0.05, 0) is 44.4 Å². The predicted molar refractivity (Wildman–Crippen MR) is 119 cm³/mol. The van der Waals surface area contributed by atoms with E-state index in [1.54, 1.807) is 39.1 Å². The van der Waals surface area contributed by atoms with Crippen molar-refractivity contribution in [2.75, 3.05) is 7.05 Å². The van der Waals surface area contributed by atoms with Gasteiger partial charge in [-0.3, -0.25) is 9.79 Å². The topological polar surface area (TPSA) is 69.6 Å². The summed E-state index contributed by atoms with van der Waals surface area (Å²) in [5.74, 6) is -0.0783. The van der Waals surface area contributed by atoms with Crippen LogP contribution in [0.3, 0.4) is 0 Å². The number of pyridine rings is 1. The lowest BCUT2D eigenvalue weighted by Crippen LogP contribution is -2.23. The number of ether oxygens (including phenoxy) is 1. The van der Waals surface area contributed by atoms with Crippen LogP contribution in [-0.2, 0) is 6.54 Å². The van der Waals surface area contributed by atoms with Crippen LogP contribution < -0.4 is 10.3 Å². The summed E-state index contributed by atoms with van der Waals surface area (Å²) in [6.07, 6.45) is -1.41. The average molecular weight is 449 g/mol. The molecule has 32 heavy (non-hydrogen) atoms. The van der Waals surface area contributed by atoms with Crippen molar-refractivity contribution in [3.05, 3.63) is 58.2 Å². The summed E-state index contributed by atoms with van der Waals surface area (Å²) in [5.41, 5.74) is 1.55. The number of alkyl halides is 3. The fourth-order valence-corrected chi connectivity index (χ4v) is 3.31. The third-order valence-corrected chi connectivity index (χ3v) is 4.59. The minimum absolute atomic E-state index is 0.104. The van der Waals surface area contributed by atoms with Gasteiger partial charge < -0.3 is 13.8 Å². The Labute approximate surface area is 184 Å². The third-order valence-electron chi connectivity index (χ3n) is 4.59. The second kappa shape index (κ2) is 10.3. The molecule has 0 bridgehead atoms. The maximum Gasteiger partial charge on any atom is 0.573 e. The van der Waals surface area contributed by atoms with E-state index in [4.69, 9.17) is 4.52 Å². The van der Waals surface area contributed by atoms with Gasteiger partial charge >= 0.3 is 6.36 Å². The van der Waals surface area contributed by atoms with Crippen LogP contribution in [0.2, 0.25) is 0 Å². The van der Waals surface area contributed by atoms with Crippen LogP contribution in [0.25, 0.3) is 22.0 Å². The maximum absolute atomic E-state index is 13.2. The van der Waals surface area contributed by atoms with E-state index < -0.39 is 12.1 Å². The minimum Gasteiger partial charge on any atom is -0.405 e. The molecule has 2 aromatic heterocycles. The molecule has 0 N–H and O–H groups in total. The van der Waals surface area contributed by atoms with Crippen molar-refractivity contribution in [2.45, 2.75) is 47.5 Å². The molecule has 0 saturated heterocycles. The molecule has 0 spiro atoms. The first-order chi connectivity index (χ1) is 15.1. The van der Waals surface area contributed by atoms with Crippen LogP contribution in [0.15, 0.2) is 50.7 Å². The van der Waals surface area contributed by atoms with Crippen molar-refractivity contribution in [2.24, 2.45) is 4.99 Å². The second-order valence-corrected chi connectivity index (χ2v) is 6.63. The Hall–Kier alpha value is -3.36. The van der Waals surface area contributed by atoms with E-state index in [0.29, 0.717) is 33.6 Å². The highest BCUT2D eigenvalue weighted by Gasteiger charge is 2.33. The molecule has 0 atom stereocenters. The highest BCUT2D eigenvalue weighted by Crippen LogP contribution is 2.39. The second-order valence-electron chi connectivity index (χ2n) is 6.63. The van der Waals surface area contributed by atoms with Gasteiger partial charge in [-0.2, -0.15) is 0 Å². The minimum atomic E-state index is -4.91. The number of hydrogen-bond acceptors (Lipinski definition) is 5. The van der Waals surface area contributed by atoms with E-state index in [1.807, 2.05) is 20.8 Å². The van der Waals surface area contributed by atoms with Crippen molar-refractivity contribution in [3.63, 3.8) is 0 Å². The van der Waals surface area contributed by atoms with Crippen LogP contribution in [0.1, 0.15) is 32.2 Å². The number of aliphatic imine (C=N–C) groups is 1. The standard InChI is InChI=1S/C21H20F3N3O3.C2H6/c1-5-6-15(25-4)11-27-17-10-18(29-21(22,23)24)16(9-14(17)7-8-19(27)28)20-12(2)26-30-13(20)3;1-2/h5-10H,11H2,1-4H3;1-2H3/b6-5-,25-15?;. The number of aryl methyl sites for hydroxylation is 2. The number of fused-ring (bicyclic) bond motifs is 1. The number of halogens is 3. The lowest BCUT2D eigenvalue weighted by atomic mass is 10.0. The van der Waals surface area contributed by atoms with E-state index >= 15 is 0 Å². The van der Waals surface area contributed by atoms with Gasteiger partial charge in [0.05, 0.1) is 29.0 Å². The smallest absolute Gasteiger partial charge is 0.405 e. The zero-order chi connectivity index (χ0) is 24.1. The highest BCUT2D eigenvalue weighted by atomic mass is 19.4. The molecule has 0 amide bonds. The molecule has 0 radical (unpaired) electrons. The number of aromatic nitrogens is 2. The van der Waals surface area contributed by atoms with E-state index in [2.05, 4.69) is 14.9 Å². The van der Waals surface area contributed by atoms with Crippen LogP contribution in [0.5, 0.6) is 5.75 Å². The summed E-state index contributed by atoms with van der Waals surface area (Å²) in [5, 5.41) is 4.39. The first kappa shape index (κ1) is 24.9. The van der Waals surface area contributed by atoms with Crippen LogP contribution in [0.4, 0.5) is 13.2 Å². The number of rotatable bonds is 5. The summed E-state index contributed by atoms with van der Waals surface area (Å²) in [4.78, 5) is 16.6. The quantitative estimate of drug-likeness (QED) is 0.459. The Balaban J connectivity index is 0.00000176. The van der Waals surface area contributed by atoms with Gasteiger partial charge in [0.1, 0.15) is 11.5 Å². The summed E-state index contributed by atoms with van der Waals surface area (Å²) < 4.78 is 50.3. The van der Waals surface area contributed by atoms with Crippen molar-refractivity contribution in [3.8, 4) is 16.9 Å². The Morgan fingerprint density at radius 2 is 1.94 bits per heavy atom. The molecule has 0 aliphatic rings. The van der Waals surface area contributed by atoms with Gasteiger partial charge in [0.15, 0.2) is 0 Å². The normalized spacial score (nSPS) is 12.2. The summed E-state index contributed by atoms with van der Waals surface area (Å²) in [6, 6.07) is 5.68. The van der Waals surface area contributed by atoms with E-state index in [9.17, 15) is 18.0 Å². The Morgan fingerprint density at radius 3 is 2.47 bits per heavy atom. The fraction of sp³-hybridized carbons (Fsp3) is 0.348. The molecule has 1 aromatic carbocycles. The lowest BCUT2D eigenvalue weighted by molar-refractivity contribution is -0.274. The van der Waals surface area contributed by atoms with E-state index in [1.165, 1.54) is 22.8 Å². The van der Waals surface area contributed by atoms with E-state index in [-0.39, 0.29) is 17.7 Å². The number of hydrogen-bond donors (Lipinski definition) is 0. The van der Waals surface area contributed by atoms with Crippen molar-refractivity contribution in [1.82, 2.24) is 9.72 Å². The molecule has 0 fully saturated rings. The molecule has 0 saturated carbocycles. The number of allylic oxidation sites excluding steroid dienone is 2. The molecule has 3 rings (SSSR count). The Bertz CT molecular complexity index is 1190. The molecule has 172 valence electrons. The molecule has 0 aliphatic heterocycles. The molecule has 9 heteroatoms. The fourth-order valence-electron chi connectivity index (χ4n) is 3.31. The van der Waals surface area contributed by atoms with Gasteiger partial charge in [0.25, 0.3) is 5.56 Å². The SMILES string of the molecule is C/C=C\C(Cn1c(=O)ccc2cc(-c3c(C)noc3C)c(OC(F)(F)F)cc21)=NC.CC. The molecule has 2 heterocycles. The average Bonchev–Trinajstić information content (AvgIpc) is 3.07. The van der Waals surface area contributed by atoms with Crippen molar-refractivity contribution < 1.29 is 22.4 Å². The van der Waals surface area contributed by atoms with Gasteiger partial charge in [-0.1, -0.05) is 25.1 Å². The maximum atomic E-state index is 13.2. The zero-order valence-corrected chi connectivity index (χ0v) is 18.9. The third kappa shape index (κ3) is 5.46. The van der Waals surface area contributed by atoms with Crippen LogP contribution in [0, 0.1) is 13.8 Å². The number of nitrogens with zero attached hydrogens (tertiary/aromatic N) is 3. The summed E-state index contributed by atoms with van der Waals surface area (Å²) >= 11 is 0. The van der Waals surface area contributed by atoms with Gasteiger partial charge in [0, 0.05) is 24.7 Å². The van der Waals surface area contributed by atoms with Gasteiger partial charge in [0.2, 0.25) is 0 Å².